The molecule has 1 saturated carbocycles. The van der Waals surface area contributed by atoms with Gasteiger partial charge in [0.15, 0.2) is 0 Å². The Labute approximate surface area is 122 Å². The van der Waals surface area contributed by atoms with Crippen molar-refractivity contribution in [2.45, 2.75) is 58.9 Å². The van der Waals surface area contributed by atoms with Crippen molar-refractivity contribution in [2.24, 2.45) is 5.41 Å². The lowest BCUT2D eigenvalue weighted by atomic mass is 9.65. The highest BCUT2D eigenvalue weighted by molar-refractivity contribution is 6.31. The second-order valence-corrected chi connectivity index (χ2v) is 7.64. The summed E-state index contributed by atoms with van der Waals surface area (Å²) in [6.45, 7) is 9.89. The molecule has 0 radical (unpaired) electrons. The van der Waals surface area contributed by atoms with Gasteiger partial charge >= 0.3 is 0 Å². The van der Waals surface area contributed by atoms with Crippen molar-refractivity contribution in [1.29, 1.82) is 0 Å². The first kappa shape index (κ1) is 14.9. The standard InChI is InChI=1S/C17H26ClN/c1-13-6-7-14(15(18)10-13)11-17(8-5-9-17)12-19-16(2,3)4/h6-7,10,19H,5,8-9,11-12H2,1-4H3. The van der Waals surface area contributed by atoms with Crippen molar-refractivity contribution in [3.05, 3.63) is 34.3 Å². The van der Waals surface area contributed by atoms with Crippen LogP contribution in [0.2, 0.25) is 5.02 Å². The first-order chi connectivity index (χ1) is 8.80. The molecule has 2 rings (SSSR count). The molecule has 0 heterocycles. The van der Waals surface area contributed by atoms with Crippen LogP contribution in [0.5, 0.6) is 0 Å². The maximum absolute atomic E-state index is 6.39. The lowest BCUT2D eigenvalue weighted by molar-refractivity contribution is 0.118. The molecule has 1 N–H and O–H groups in total. The number of rotatable bonds is 4. The fourth-order valence-electron chi connectivity index (χ4n) is 2.75. The van der Waals surface area contributed by atoms with Gasteiger partial charge in [0.1, 0.15) is 0 Å². The van der Waals surface area contributed by atoms with Crippen molar-refractivity contribution >= 4 is 11.6 Å². The van der Waals surface area contributed by atoms with Gasteiger partial charge < -0.3 is 5.32 Å². The minimum absolute atomic E-state index is 0.194. The summed E-state index contributed by atoms with van der Waals surface area (Å²) in [7, 11) is 0. The Hall–Kier alpha value is -0.530. The summed E-state index contributed by atoms with van der Waals surface area (Å²) in [6, 6.07) is 6.46. The summed E-state index contributed by atoms with van der Waals surface area (Å²) < 4.78 is 0. The monoisotopic (exact) mass is 279 g/mol. The van der Waals surface area contributed by atoms with E-state index in [2.05, 4.69) is 51.2 Å². The Kier molecular flexibility index (Phi) is 4.27. The van der Waals surface area contributed by atoms with Crippen LogP contribution >= 0.6 is 11.6 Å². The van der Waals surface area contributed by atoms with Crippen molar-refractivity contribution < 1.29 is 0 Å². The molecule has 0 saturated heterocycles. The average molecular weight is 280 g/mol. The van der Waals surface area contributed by atoms with Gasteiger partial charge in [0.05, 0.1) is 0 Å². The lowest BCUT2D eigenvalue weighted by Gasteiger charge is -2.44. The zero-order chi connectivity index (χ0) is 14.1. The van der Waals surface area contributed by atoms with Crippen LogP contribution in [-0.4, -0.2) is 12.1 Å². The van der Waals surface area contributed by atoms with Crippen LogP contribution in [0, 0.1) is 12.3 Å². The SMILES string of the molecule is Cc1ccc(CC2(CNC(C)(C)C)CCC2)c(Cl)c1. The smallest absolute Gasteiger partial charge is 0.0440 e. The quantitative estimate of drug-likeness (QED) is 0.839. The number of hydrogen-bond donors (Lipinski definition) is 1. The van der Waals surface area contributed by atoms with E-state index in [0.717, 1.165) is 18.0 Å². The third-order valence-electron chi connectivity index (χ3n) is 4.18. The molecule has 0 unspecified atom stereocenters. The van der Waals surface area contributed by atoms with Gasteiger partial charge in [-0.1, -0.05) is 30.2 Å². The van der Waals surface area contributed by atoms with Gasteiger partial charge in [-0.15, -0.1) is 0 Å². The maximum atomic E-state index is 6.39. The van der Waals surface area contributed by atoms with Crippen LogP contribution in [0.3, 0.4) is 0 Å². The largest absolute Gasteiger partial charge is 0.312 e. The molecule has 0 spiro atoms. The fraction of sp³-hybridized carbons (Fsp3) is 0.647. The van der Waals surface area contributed by atoms with E-state index < -0.39 is 0 Å². The number of halogens is 1. The number of benzene rings is 1. The van der Waals surface area contributed by atoms with Gasteiger partial charge in [0.25, 0.3) is 0 Å². The third-order valence-corrected chi connectivity index (χ3v) is 4.53. The molecular weight excluding hydrogens is 254 g/mol. The van der Waals surface area contributed by atoms with Gasteiger partial charge in [-0.05, 0) is 69.6 Å². The minimum atomic E-state index is 0.194. The molecule has 0 atom stereocenters. The van der Waals surface area contributed by atoms with E-state index in [9.17, 15) is 0 Å². The summed E-state index contributed by atoms with van der Waals surface area (Å²) in [5, 5.41) is 4.61. The minimum Gasteiger partial charge on any atom is -0.312 e. The van der Waals surface area contributed by atoms with Crippen LogP contribution in [0.25, 0.3) is 0 Å². The number of aryl methyl sites for hydroxylation is 1. The Morgan fingerprint density at radius 1 is 1.26 bits per heavy atom. The van der Waals surface area contributed by atoms with Gasteiger partial charge in [-0.2, -0.15) is 0 Å². The van der Waals surface area contributed by atoms with E-state index >= 15 is 0 Å². The Morgan fingerprint density at radius 3 is 2.42 bits per heavy atom. The lowest BCUT2D eigenvalue weighted by Crippen LogP contribution is -2.48. The molecule has 2 heteroatoms. The van der Waals surface area contributed by atoms with E-state index in [0.29, 0.717) is 5.41 Å². The zero-order valence-corrected chi connectivity index (χ0v) is 13.4. The molecule has 19 heavy (non-hydrogen) atoms. The second-order valence-electron chi connectivity index (χ2n) is 7.23. The van der Waals surface area contributed by atoms with E-state index in [1.54, 1.807) is 0 Å². The summed E-state index contributed by atoms with van der Waals surface area (Å²) in [5.41, 5.74) is 3.16. The Bertz CT molecular complexity index is 441. The highest BCUT2D eigenvalue weighted by Crippen LogP contribution is 2.44. The van der Waals surface area contributed by atoms with Crippen LogP contribution in [0.15, 0.2) is 18.2 Å². The van der Waals surface area contributed by atoms with Crippen molar-refractivity contribution in [1.82, 2.24) is 5.32 Å². The Balaban J connectivity index is 2.06. The Morgan fingerprint density at radius 2 is 1.95 bits per heavy atom. The van der Waals surface area contributed by atoms with E-state index in [1.807, 2.05) is 0 Å². The maximum Gasteiger partial charge on any atom is 0.0440 e. The molecule has 1 aliphatic rings. The predicted molar refractivity (Wildman–Crippen MR) is 83.9 cm³/mol. The molecule has 1 fully saturated rings. The van der Waals surface area contributed by atoms with Crippen LogP contribution in [0.1, 0.15) is 51.2 Å². The van der Waals surface area contributed by atoms with Gasteiger partial charge in [-0.3, -0.25) is 0 Å². The van der Waals surface area contributed by atoms with Crippen LogP contribution in [0.4, 0.5) is 0 Å². The van der Waals surface area contributed by atoms with Crippen LogP contribution < -0.4 is 5.32 Å². The molecule has 0 aromatic heterocycles. The molecule has 0 bridgehead atoms. The third kappa shape index (κ3) is 3.97. The topological polar surface area (TPSA) is 12.0 Å². The van der Waals surface area contributed by atoms with Crippen molar-refractivity contribution in [2.75, 3.05) is 6.54 Å². The second kappa shape index (κ2) is 5.46. The van der Waals surface area contributed by atoms with Crippen LogP contribution in [-0.2, 0) is 6.42 Å². The van der Waals surface area contributed by atoms with Crippen molar-refractivity contribution in [3.63, 3.8) is 0 Å². The molecule has 1 aromatic rings. The molecule has 106 valence electrons. The number of hydrogen-bond acceptors (Lipinski definition) is 1. The first-order valence-electron chi connectivity index (χ1n) is 7.30. The summed E-state index contributed by atoms with van der Waals surface area (Å²) in [4.78, 5) is 0. The molecule has 0 amide bonds. The van der Waals surface area contributed by atoms with Gasteiger partial charge in [-0.25, -0.2) is 0 Å². The average Bonchev–Trinajstić information content (AvgIpc) is 2.23. The van der Waals surface area contributed by atoms with E-state index in [4.69, 9.17) is 11.6 Å². The molecule has 1 aromatic carbocycles. The molecule has 1 aliphatic carbocycles. The first-order valence-corrected chi connectivity index (χ1v) is 7.68. The molecule has 1 nitrogen and oxygen atoms in total. The fourth-order valence-corrected chi connectivity index (χ4v) is 3.05. The van der Waals surface area contributed by atoms with Crippen molar-refractivity contribution in [3.8, 4) is 0 Å². The summed E-state index contributed by atoms with van der Waals surface area (Å²) in [5.74, 6) is 0. The van der Waals surface area contributed by atoms with Gasteiger partial charge in [0.2, 0.25) is 0 Å². The predicted octanol–water partition coefficient (Wildman–Crippen LogP) is 4.75. The molecule has 0 aliphatic heterocycles. The van der Waals surface area contributed by atoms with Gasteiger partial charge in [0, 0.05) is 17.1 Å². The normalized spacial score (nSPS) is 18.2. The number of nitrogens with one attached hydrogen (secondary N) is 1. The summed E-state index contributed by atoms with van der Waals surface area (Å²) >= 11 is 6.39. The highest BCUT2D eigenvalue weighted by atomic mass is 35.5. The molecular formula is C17H26ClN. The van der Waals surface area contributed by atoms with E-state index in [-0.39, 0.29) is 5.54 Å². The highest BCUT2D eigenvalue weighted by Gasteiger charge is 2.37. The van der Waals surface area contributed by atoms with E-state index in [1.165, 1.54) is 30.4 Å². The zero-order valence-electron chi connectivity index (χ0n) is 12.6. The summed E-state index contributed by atoms with van der Waals surface area (Å²) in [6.07, 6.45) is 5.10.